The van der Waals surface area contributed by atoms with Gasteiger partial charge in [-0.1, -0.05) is 25.8 Å². The van der Waals surface area contributed by atoms with Gasteiger partial charge < -0.3 is 10.6 Å². The van der Waals surface area contributed by atoms with Crippen LogP contribution in [0.15, 0.2) is 18.2 Å². The van der Waals surface area contributed by atoms with Gasteiger partial charge in [-0.2, -0.15) is 0 Å². The van der Waals surface area contributed by atoms with E-state index in [4.69, 9.17) is 5.73 Å². The number of nitrogens with zero attached hydrogens (tertiary/aromatic N) is 1. The number of hydrogen-bond donors (Lipinski definition) is 1. The van der Waals surface area contributed by atoms with Gasteiger partial charge in [0.2, 0.25) is 0 Å². The Hall–Kier alpha value is -1.00. The molecule has 0 aromatic heterocycles. The number of likely N-dealkylation sites (N-methyl/N-ethyl adjacent to an activating group) is 1. The lowest BCUT2D eigenvalue weighted by Gasteiger charge is -2.37. The third kappa shape index (κ3) is 3.55. The number of nitrogens with two attached hydrogens (primary N) is 1. The predicted octanol–water partition coefficient (Wildman–Crippen LogP) is 3.48. The predicted molar refractivity (Wildman–Crippen MR) is 77.3 cm³/mol. The van der Waals surface area contributed by atoms with E-state index in [1.807, 2.05) is 0 Å². The first-order valence-corrected chi connectivity index (χ1v) is 7.40. The number of halogens is 2. The first-order chi connectivity index (χ1) is 9.49. The summed E-state index contributed by atoms with van der Waals surface area (Å²) in [6.07, 6.45) is 5.03. The topological polar surface area (TPSA) is 29.3 Å². The van der Waals surface area contributed by atoms with E-state index in [9.17, 15) is 8.78 Å². The van der Waals surface area contributed by atoms with Crippen LogP contribution in [-0.2, 0) is 0 Å². The van der Waals surface area contributed by atoms with E-state index in [1.54, 1.807) is 6.07 Å². The van der Waals surface area contributed by atoms with Crippen LogP contribution in [0.2, 0.25) is 0 Å². The molecule has 0 bridgehead atoms. The fourth-order valence-corrected chi connectivity index (χ4v) is 3.25. The highest BCUT2D eigenvalue weighted by molar-refractivity contribution is 5.21. The van der Waals surface area contributed by atoms with Crippen molar-refractivity contribution < 1.29 is 8.78 Å². The lowest BCUT2D eigenvalue weighted by atomic mass is 9.85. The molecule has 0 spiro atoms. The fraction of sp³-hybridized carbons (Fsp3) is 0.625. The smallest absolute Gasteiger partial charge is 0.159 e. The van der Waals surface area contributed by atoms with Crippen LogP contribution >= 0.6 is 0 Å². The Bertz CT molecular complexity index is 450. The summed E-state index contributed by atoms with van der Waals surface area (Å²) in [6, 6.07) is 4.18. The molecule has 2 nitrogen and oxygen atoms in total. The van der Waals surface area contributed by atoms with E-state index < -0.39 is 11.6 Å². The Morgan fingerprint density at radius 2 is 1.95 bits per heavy atom. The lowest BCUT2D eigenvalue weighted by molar-refractivity contribution is 0.133. The Morgan fingerprint density at radius 1 is 1.25 bits per heavy atom. The van der Waals surface area contributed by atoms with Crippen molar-refractivity contribution >= 4 is 0 Å². The Kier molecular flexibility index (Phi) is 5.11. The standard InChI is InChI=1S/C16H24F2N2/c1-11-5-3-4-6-16(11)20(2)10-15(19)12-7-8-13(17)14(18)9-12/h7-9,11,15-16H,3-6,10,19H2,1-2H3. The largest absolute Gasteiger partial charge is 0.323 e. The van der Waals surface area contributed by atoms with E-state index in [0.29, 0.717) is 24.1 Å². The van der Waals surface area contributed by atoms with Crippen molar-refractivity contribution in [2.75, 3.05) is 13.6 Å². The van der Waals surface area contributed by atoms with Gasteiger partial charge in [-0.25, -0.2) is 8.78 Å². The van der Waals surface area contributed by atoms with Crippen molar-refractivity contribution in [2.45, 2.75) is 44.7 Å². The summed E-state index contributed by atoms with van der Waals surface area (Å²) < 4.78 is 26.2. The second-order valence-electron chi connectivity index (χ2n) is 6.05. The van der Waals surface area contributed by atoms with E-state index in [0.717, 1.165) is 6.07 Å². The first-order valence-electron chi connectivity index (χ1n) is 7.40. The highest BCUT2D eigenvalue weighted by Gasteiger charge is 2.26. The Balaban J connectivity index is 1.99. The molecule has 0 radical (unpaired) electrons. The van der Waals surface area contributed by atoms with Crippen LogP contribution in [0.25, 0.3) is 0 Å². The molecule has 3 atom stereocenters. The van der Waals surface area contributed by atoms with Crippen LogP contribution in [0.5, 0.6) is 0 Å². The molecule has 0 amide bonds. The van der Waals surface area contributed by atoms with Crippen LogP contribution < -0.4 is 5.73 Å². The van der Waals surface area contributed by atoms with Gasteiger partial charge in [-0.3, -0.25) is 0 Å². The summed E-state index contributed by atoms with van der Waals surface area (Å²) in [7, 11) is 2.08. The van der Waals surface area contributed by atoms with Crippen LogP contribution in [0.1, 0.15) is 44.2 Å². The maximum absolute atomic E-state index is 13.2. The van der Waals surface area contributed by atoms with Crippen molar-refractivity contribution in [3.63, 3.8) is 0 Å². The molecule has 1 aromatic rings. The molecule has 0 saturated heterocycles. The summed E-state index contributed by atoms with van der Waals surface area (Å²) in [5.41, 5.74) is 6.79. The maximum atomic E-state index is 13.2. The Labute approximate surface area is 120 Å². The summed E-state index contributed by atoms with van der Waals surface area (Å²) in [5.74, 6) is -0.979. The maximum Gasteiger partial charge on any atom is 0.159 e. The third-order valence-electron chi connectivity index (χ3n) is 4.49. The highest BCUT2D eigenvalue weighted by Crippen LogP contribution is 2.28. The van der Waals surface area contributed by atoms with E-state index in [-0.39, 0.29) is 6.04 Å². The van der Waals surface area contributed by atoms with Gasteiger partial charge in [-0.05, 0) is 43.5 Å². The molecule has 1 aliphatic rings. The zero-order valence-electron chi connectivity index (χ0n) is 12.3. The van der Waals surface area contributed by atoms with Crippen molar-refractivity contribution in [2.24, 2.45) is 11.7 Å². The average Bonchev–Trinajstić information content (AvgIpc) is 2.42. The molecular weight excluding hydrogens is 258 g/mol. The molecule has 2 N–H and O–H groups in total. The van der Waals surface area contributed by atoms with Gasteiger partial charge in [0.15, 0.2) is 11.6 Å². The summed E-state index contributed by atoms with van der Waals surface area (Å²) in [4.78, 5) is 2.27. The van der Waals surface area contributed by atoms with Crippen LogP contribution in [0, 0.1) is 17.6 Å². The second-order valence-corrected chi connectivity index (χ2v) is 6.05. The minimum atomic E-state index is -0.827. The SMILES string of the molecule is CC1CCCCC1N(C)CC(N)c1ccc(F)c(F)c1. The molecule has 4 heteroatoms. The summed E-state index contributed by atoms with van der Waals surface area (Å²) in [6.45, 7) is 2.95. The zero-order chi connectivity index (χ0) is 14.7. The average molecular weight is 282 g/mol. The number of rotatable bonds is 4. The molecule has 20 heavy (non-hydrogen) atoms. The molecule has 1 fully saturated rings. The molecule has 0 heterocycles. The quantitative estimate of drug-likeness (QED) is 0.916. The molecular formula is C16H24F2N2. The van der Waals surface area contributed by atoms with E-state index in [2.05, 4.69) is 18.9 Å². The monoisotopic (exact) mass is 282 g/mol. The van der Waals surface area contributed by atoms with E-state index >= 15 is 0 Å². The van der Waals surface area contributed by atoms with Crippen LogP contribution in [0.4, 0.5) is 8.78 Å². The number of hydrogen-bond acceptors (Lipinski definition) is 2. The molecule has 0 aliphatic heterocycles. The normalized spacial score (nSPS) is 24.9. The van der Waals surface area contributed by atoms with Crippen molar-refractivity contribution in [1.29, 1.82) is 0 Å². The van der Waals surface area contributed by atoms with Crippen LogP contribution in [-0.4, -0.2) is 24.5 Å². The number of benzene rings is 1. The summed E-state index contributed by atoms with van der Waals surface area (Å²) in [5, 5.41) is 0. The summed E-state index contributed by atoms with van der Waals surface area (Å²) >= 11 is 0. The van der Waals surface area contributed by atoms with Gasteiger partial charge in [-0.15, -0.1) is 0 Å². The first kappa shape index (κ1) is 15.4. The molecule has 1 saturated carbocycles. The van der Waals surface area contributed by atoms with Gasteiger partial charge in [0.1, 0.15) is 0 Å². The lowest BCUT2D eigenvalue weighted by Crippen LogP contribution is -2.42. The van der Waals surface area contributed by atoms with Gasteiger partial charge >= 0.3 is 0 Å². The van der Waals surface area contributed by atoms with Gasteiger partial charge in [0.25, 0.3) is 0 Å². The zero-order valence-corrected chi connectivity index (χ0v) is 12.3. The van der Waals surface area contributed by atoms with E-state index in [1.165, 1.54) is 31.7 Å². The second kappa shape index (κ2) is 6.64. The van der Waals surface area contributed by atoms with Crippen molar-refractivity contribution in [1.82, 2.24) is 4.90 Å². The minimum Gasteiger partial charge on any atom is -0.323 e. The molecule has 2 rings (SSSR count). The fourth-order valence-electron chi connectivity index (χ4n) is 3.25. The highest BCUT2D eigenvalue weighted by atomic mass is 19.2. The third-order valence-corrected chi connectivity index (χ3v) is 4.49. The van der Waals surface area contributed by atoms with Crippen LogP contribution in [0.3, 0.4) is 0 Å². The van der Waals surface area contributed by atoms with Crippen molar-refractivity contribution in [3.8, 4) is 0 Å². The molecule has 112 valence electrons. The molecule has 1 aliphatic carbocycles. The Morgan fingerprint density at radius 3 is 2.60 bits per heavy atom. The van der Waals surface area contributed by atoms with Gasteiger partial charge in [0.05, 0.1) is 0 Å². The van der Waals surface area contributed by atoms with Crippen molar-refractivity contribution in [3.05, 3.63) is 35.4 Å². The minimum absolute atomic E-state index is 0.288. The molecule has 3 unspecified atom stereocenters. The molecule has 1 aromatic carbocycles. The van der Waals surface area contributed by atoms with Gasteiger partial charge in [0, 0.05) is 18.6 Å².